The molecule has 0 unspecified atom stereocenters. The van der Waals surface area contributed by atoms with Gasteiger partial charge < -0.3 is 20.1 Å². The molecule has 1 amide bonds. The summed E-state index contributed by atoms with van der Waals surface area (Å²) in [7, 11) is 0. The van der Waals surface area contributed by atoms with E-state index in [4.69, 9.17) is 15.2 Å². The van der Waals surface area contributed by atoms with Gasteiger partial charge in [-0.1, -0.05) is 18.2 Å². The molecule has 1 heterocycles. The lowest BCUT2D eigenvalue weighted by Crippen LogP contribution is -2.38. The van der Waals surface area contributed by atoms with Gasteiger partial charge >= 0.3 is 5.97 Å². The van der Waals surface area contributed by atoms with Crippen LogP contribution in [0.1, 0.15) is 36.2 Å². The van der Waals surface area contributed by atoms with E-state index in [1.165, 1.54) is 6.07 Å². The fraction of sp³-hybridized carbons (Fsp3) is 0.333. The highest BCUT2D eigenvalue weighted by atomic mass is 16.5. The van der Waals surface area contributed by atoms with Crippen LogP contribution in [0.4, 0.5) is 11.4 Å². The highest BCUT2D eigenvalue weighted by Crippen LogP contribution is 2.28. The normalized spacial score (nSPS) is 13.2. The number of nitrogen functional groups attached to an aromatic ring is 1. The van der Waals surface area contributed by atoms with E-state index >= 15 is 0 Å². The summed E-state index contributed by atoms with van der Waals surface area (Å²) in [5, 5.41) is 0. The van der Waals surface area contributed by atoms with Crippen molar-refractivity contribution < 1.29 is 19.1 Å². The number of rotatable bonds is 5. The van der Waals surface area contributed by atoms with Crippen LogP contribution in [0.25, 0.3) is 0 Å². The first-order chi connectivity index (χ1) is 13.0. The number of carbonyl (C=O) groups excluding carboxylic acids is 2. The van der Waals surface area contributed by atoms with Crippen LogP contribution in [-0.4, -0.2) is 31.1 Å². The Bertz CT molecular complexity index is 848. The van der Waals surface area contributed by atoms with Gasteiger partial charge in [0.25, 0.3) is 5.91 Å². The van der Waals surface area contributed by atoms with Crippen LogP contribution in [0.2, 0.25) is 0 Å². The number of nitrogens with zero attached hydrogens (tertiary/aromatic N) is 1. The zero-order valence-corrected chi connectivity index (χ0v) is 15.6. The molecule has 0 aliphatic carbocycles. The molecule has 0 bridgehead atoms. The quantitative estimate of drug-likeness (QED) is 0.647. The molecule has 1 aliphatic heterocycles. The number of fused-ring (bicyclic) bond motifs is 1. The monoisotopic (exact) mass is 368 g/mol. The molecule has 27 heavy (non-hydrogen) atoms. The second-order valence-corrected chi connectivity index (χ2v) is 6.77. The first kappa shape index (κ1) is 18.8. The number of anilines is 2. The lowest BCUT2D eigenvalue weighted by Gasteiger charge is -2.29. The van der Waals surface area contributed by atoms with Crippen molar-refractivity contribution in [3.8, 4) is 5.75 Å². The number of nitrogens with two attached hydrogens (primary N) is 1. The van der Waals surface area contributed by atoms with Crippen LogP contribution in [0.5, 0.6) is 5.75 Å². The van der Waals surface area contributed by atoms with Gasteiger partial charge in [0.05, 0.1) is 17.4 Å². The third-order valence-electron chi connectivity index (χ3n) is 4.35. The first-order valence-corrected chi connectivity index (χ1v) is 9.07. The van der Waals surface area contributed by atoms with Gasteiger partial charge in [-0.2, -0.15) is 0 Å². The van der Waals surface area contributed by atoms with Gasteiger partial charge in [-0.3, -0.25) is 4.79 Å². The third-order valence-corrected chi connectivity index (χ3v) is 4.35. The van der Waals surface area contributed by atoms with Crippen molar-refractivity contribution in [2.45, 2.75) is 32.8 Å². The predicted molar refractivity (Wildman–Crippen MR) is 104 cm³/mol. The number of carbonyl (C=O) groups is 2. The van der Waals surface area contributed by atoms with Crippen LogP contribution in [0.15, 0.2) is 42.5 Å². The largest absolute Gasteiger partial charge is 0.482 e. The highest BCUT2D eigenvalue weighted by molar-refractivity contribution is 5.96. The topological polar surface area (TPSA) is 81.9 Å². The molecule has 0 saturated carbocycles. The predicted octanol–water partition coefficient (Wildman–Crippen LogP) is 3.19. The molecule has 2 N–H and O–H groups in total. The molecule has 1 aliphatic rings. The Morgan fingerprint density at radius 3 is 2.74 bits per heavy atom. The summed E-state index contributed by atoms with van der Waals surface area (Å²) in [6.45, 7) is 4.07. The number of para-hydroxylation sites is 1. The molecule has 6 nitrogen and oxygen atoms in total. The zero-order valence-electron chi connectivity index (χ0n) is 15.6. The SMILES string of the molecule is CC(C)OC(=O)c1ccc(N)c(OCC(=O)N2CCCc3ccccc32)c1. The van der Waals surface area contributed by atoms with Gasteiger partial charge in [-0.25, -0.2) is 4.79 Å². The van der Waals surface area contributed by atoms with Crippen molar-refractivity contribution in [1.29, 1.82) is 0 Å². The van der Waals surface area contributed by atoms with Crippen molar-refractivity contribution in [3.05, 3.63) is 53.6 Å². The molecule has 0 fully saturated rings. The Kier molecular flexibility index (Phi) is 5.64. The lowest BCUT2D eigenvalue weighted by atomic mass is 10.0. The van der Waals surface area contributed by atoms with E-state index in [9.17, 15) is 9.59 Å². The number of hydrogen-bond donors (Lipinski definition) is 1. The molecule has 142 valence electrons. The van der Waals surface area contributed by atoms with Crippen LogP contribution in [-0.2, 0) is 16.0 Å². The van der Waals surface area contributed by atoms with Gasteiger partial charge in [0.15, 0.2) is 6.61 Å². The Labute approximate surface area is 158 Å². The van der Waals surface area contributed by atoms with Crippen LogP contribution < -0.4 is 15.4 Å². The molecule has 6 heteroatoms. The smallest absolute Gasteiger partial charge is 0.338 e. The lowest BCUT2D eigenvalue weighted by molar-refractivity contribution is -0.120. The standard InChI is InChI=1S/C21H24N2O4/c1-14(2)27-21(25)16-9-10-17(22)19(12-16)26-13-20(24)23-11-5-7-15-6-3-4-8-18(15)23/h3-4,6,8-10,12,14H,5,7,11,13,22H2,1-2H3. The summed E-state index contributed by atoms with van der Waals surface area (Å²) >= 11 is 0. The number of amides is 1. The maximum absolute atomic E-state index is 12.7. The molecule has 3 rings (SSSR count). The van der Waals surface area contributed by atoms with Crippen molar-refractivity contribution in [2.24, 2.45) is 0 Å². The van der Waals surface area contributed by atoms with E-state index in [1.54, 1.807) is 30.9 Å². The minimum atomic E-state index is -0.453. The minimum Gasteiger partial charge on any atom is -0.482 e. The van der Waals surface area contributed by atoms with Gasteiger partial charge in [0.1, 0.15) is 5.75 Å². The Morgan fingerprint density at radius 2 is 1.96 bits per heavy atom. The van der Waals surface area contributed by atoms with E-state index < -0.39 is 5.97 Å². The van der Waals surface area contributed by atoms with E-state index in [0.717, 1.165) is 24.1 Å². The molecular formula is C21H24N2O4. The van der Waals surface area contributed by atoms with E-state index in [-0.39, 0.29) is 18.6 Å². The number of aryl methyl sites for hydroxylation is 1. The molecule has 0 aromatic heterocycles. The van der Waals surface area contributed by atoms with Crippen LogP contribution in [0, 0.1) is 0 Å². The number of ether oxygens (including phenoxy) is 2. The average Bonchev–Trinajstić information content (AvgIpc) is 2.66. The van der Waals surface area contributed by atoms with Crippen molar-refractivity contribution in [2.75, 3.05) is 23.8 Å². The Morgan fingerprint density at radius 1 is 1.19 bits per heavy atom. The molecule has 0 saturated heterocycles. The highest BCUT2D eigenvalue weighted by Gasteiger charge is 2.23. The second-order valence-electron chi connectivity index (χ2n) is 6.77. The van der Waals surface area contributed by atoms with Gasteiger partial charge in [0.2, 0.25) is 0 Å². The fourth-order valence-electron chi connectivity index (χ4n) is 3.08. The van der Waals surface area contributed by atoms with E-state index in [1.807, 2.05) is 24.3 Å². The summed E-state index contributed by atoms with van der Waals surface area (Å²) in [6, 6.07) is 12.6. The molecule has 0 atom stereocenters. The van der Waals surface area contributed by atoms with Crippen molar-refractivity contribution in [3.63, 3.8) is 0 Å². The Balaban J connectivity index is 1.70. The molecule has 2 aromatic carbocycles. The average molecular weight is 368 g/mol. The van der Waals surface area contributed by atoms with Gasteiger partial charge in [-0.05, 0) is 56.5 Å². The summed E-state index contributed by atoms with van der Waals surface area (Å²) < 4.78 is 10.8. The Hall–Kier alpha value is -3.02. The van der Waals surface area contributed by atoms with Crippen molar-refractivity contribution in [1.82, 2.24) is 0 Å². The molecule has 0 radical (unpaired) electrons. The molecule has 2 aromatic rings. The zero-order chi connectivity index (χ0) is 19.4. The van der Waals surface area contributed by atoms with E-state index in [2.05, 4.69) is 0 Å². The third kappa shape index (κ3) is 4.39. The molecular weight excluding hydrogens is 344 g/mol. The van der Waals surface area contributed by atoms with Crippen molar-refractivity contribution >= 4 is 23.3 Å². The first-order valence-electron chi connectivity index (χ1n) is 9.07. The van der Waals surface area contributed by atoms with Crippen LogP contribution >= 0.6 is 0 Å². The summed E-state index contributed by atoms with van der Waals surface area (Å²) in [6.07, 6.45) is 1.66. The van der Waals surface area contributed by atoms with Crippen LogP contribution in [0.3, 0.4) is 0 Å². The second kappa shape index (κ2) is 8.12. The summed E-state index contributed by atoms with van der Waals surface area (Å²) in [5.74, 6) is -0.297. The minimum absolute atomic E-state index is 0.142. The maximum Gasteiger partial charge on any atom is 0.338 e. The number of benzene rings is 2. The fourth-order valence-corrected chi connectivity index (χ4v) is 3.08. The summed E-state index contributed by atoms with van der Waals surface area (Å²) in [4.78, 5) is 26.5. The number of hydrogen-bond acceptors (Lipinski definition) is 5. The number of esters is 1. The van der Waals surface area contributed by atoms with Gasteiger partial charge in [0, 0.05) is 12.2 Å². The molecule has 0 spiro atoms. The van der Waals surface area contributed by atoms with Gasteiger partial charge in [-0.15, -0.1) is 0 Å². The summed E-state index contributed by atoms with van der Waals surface area (Å²) in [5.41, 5.74) is 8.72. The maximum atomic E-state index is 12.7. The van der Waals surface area contributed by atoms with E-state index in [0.29, 0.717) is 23.5 Å².